The Hall–Kier alpha value is -0.563. The molecular weight excluding hydrogens is 220 g/mol. The van der Waals surface area contributed by atoms with Crippen LogP contribution in [0.5, 0.6) is 0 Å². The second-order valence-corrected chi connectivity index (χ2v) is 9.09. The van der Waals surface area contributed by atoms with Crippen LogP contribution in [0.3, 0.4) is 0 Å². The maximum atomic E-state index is 2.32. The maximum absolute atomic E-state index is 2.32. The summed E-state index contributed by atoms with van der Waals surface area (Å²) in [4.78, 5) is 0. The molecule has 17 heavy (non-hydrogen) atoms. The summed E-state index contributed by atoms with van der Waals surface area (Å²) in [5, 5.41) is 0. The molecule has 0 aromatic heterocycles. The number of rotatable bonds is 5. The Kier molecular flexibility index (Phi) is 5.31. The predicted molar refractivity (Wildman–Crippen MR) is 79.5 cm³/mol. The molecule has 0 aliphatic carbocycles. The third kappa shape index (κ3) is 3.99. The van der Waals surface area contributed by atoms with Gasteiger partial charge in [0, 0.05) is 8.80 Å². The Bertz CT molecular complexity index is 299. The SMILES string of the molecule is CCCCC[SiH]1CCC(c2ccccc2)CC1. The average molecular weight is 246 g/mol. The molecule has 0 nitrogen and oxygen atoms in total. The largest absolute Gasteiger partial charge is 0.0654 e. The molecule has 1 saturated heterocycles. The Morgan fingerprint density at radius 3 is 2.41 bits per heavy atom. The summed E-state index contributed by atoms with van der Waals surface area (Å²) in [5.41, 5.74) is 1.59. The Morgan fingerprint density at radius 2 is 1.76 bits per heavy atom. The van der Waals surface area contributed by atoms with Gasteiger partial charge in [-0.05, 0) is 24.3 Å². The van der Waals surface area contributed by atoms with Gasteiger partial charge in [0.2, 0.25) is 0 Å². The second kappa shape index (κ2) is 7.00. The van der Waals surface area contributed by atoms with Crippen molar-refractivity contribution in [3.63, 3.8) is 0 Å². The van der Waals surface area contributed by atoms with Crippen LogP contribution in [0.4, 0.5) is 0 Å². The minimum Gasteiger partial charge on any atom is -0.0654 e. The second-order valence-electron chi connectivity index (χ2n) is 5.62. The molecule has 2 rings (SSSR count). The van der Waals surface area contributed by atoms with E-state index in [1.54, 1.807) is 23.7 Å². The van der Waals surface area contributed by atoms with Crippen molar-refractivity contribution in [1.29, 1.82) is 0 Å². The van der Waals surface area contributed by atoms with E-state index < -0.39 is 0 Å². The van der Waals surface area contributed by atoms with Gasteiger partial charge in [0.25, 0.3) is 0 Å². The number of benzene rings is 1. The first kappa shape index (κ1) is 12.9. The summed E-state index contributed by atoms with van der Waals surface area (Å²) < 4.78 is 0. The van der Waals surface area contributed by atoms with E-state index in [4.69, 9.17) is 0 Å². The zero-order valence-electron chi connectivity index (χ0n) is 11.2. The monoisotopic (exact) mass is 246 g/mol. The van der Waals surface area contributed by atoms with Crippen molar-refractivity contribution in [2.75, 3.05) is 0 Å². The van der Waals surface area contributed by atoms with Crippen molar-refractivity contribution in [3.05, 3.63) is 35.9 Å². The zero-order valence-corrected chi connectivity index (χ0v) is 12.4. The molecule has 1 aliphatic rings. The highest BCUT2D eigenvalue weighted by molar-refractivity contribution is 6.59. The molecule has 0 N–H and O–H groups in total. The number of hydrogen-bond donors (Lipinski definition) is 0. The molecule has 0 unspecified atom stereocenters. The summed E-state index contributed by atoms with van der Waals surface area (Å²) >= 11 is 0. The van der Waals surface area contributed by atoms with Crippen LogP contribution in [-0.2, 0) is 0 Å². The quantitative estimate of drug-likeness (QED) is 0.507. The van der Waals surface area contributed by atoms with Crippen LogP contribution < -0.4 is 0 Å². The molecule has 0 amide bonds. The molecule has 1 heteroatoms. The van der Waals surface area contributed by atoms with Gasteiger partial charge < -0.3 is 0 Å². The lowest BCUT2D eigenvalue weighted by Crippen LogP contribution is -2.20. The van der Waals surface area contributed by atoms with Crippen LogP contribution >= 0.6 is 0 Å². The minimum atomic E-state index is -0.320. The van der Waals surface area contributed by atoms with Gasteiger partial charge in [-0.3, -0.25) is 0 Å². The van der Waals surface area contributed by atoms with Crippen LogP contribution in [0.25, 0.3) is 0 Å². The van der Waals surface area contributed by atoms with E-state index in [9.17, 15) is 0 Å². The van der Waals surface area contributed by atoms with Gasteiger partial charge in [-0.25, -0.2) is 0 Å². The van der Waals surface area contributed by atoms with Crippen LogP contribution in [0.1, 0.15) is 50.5 Å². The van der Waals surface area contributed by atoms with Crippen molar-refractivity contribution in [1.82, 2.24) is 0 Å². The summed E-state index contributed by atoms with van der Waals surface area (Å²) in [6, 6.07) is 16.0. The van der Waals surface area contributed by atoms with Crippen LogP contribution in [0.2, 0.25) is 18.1 Å². The van der Waals surface area contributed by atoms with Gasteiger partial charge in [0.1, 0.15) is 0 Å². The molecule has 94 valence electrons. The molecule has 1 aliphatic heterocycles. The highest BCUT2D eigenvalue weighted by Gasteiger charge is 2.22. The third-order valence-electron chi connectivity index (χ3n) is 4.33. The molecule has 0 bridgehead atoms. The van der Waals surface area contributed by atoms with E-state index in [-0.39, 0.29) is 8.80 Å². The van der Waals surface area contributed by atoms with E-state index in [1.165, 1.54) is 32.1 Å². The predicted octanol–water partition coefficient (Wildman–Crippen LogP) is 4.98. The average Bonchev–Trinajstić information content (AvgIpc) is 2.41. The fourth-order valence-electron chi connectivity index (χ4n) is 3.19. The van der Waals surface area contributed by atoms with Crippen LogP contribution in [-0.4, -0.2) is 8.80 Å². The van der Waals surface area contributed by atoms with E-state index >= 15 is 0 Å². The van der Waals surface area contributed by atoms with Gasteiger partial charge >= 0.3 is 0 Å². The zero-order chi connectivity index (χ0) is 11.9. The Labute approximate surface area is 108 Å². The molecule has 1 fully saturated rings. The summed E-state index contributed by atoms with van der Waals surface area (Å²) in [6.45, 7) is 2.31. The van der Waals surface area contributed by atoms with Gasteiger partial charge in [0.15, 0.2) is 0 Å². The van der Waals surface area contributed by atoms with Crippen molar-refractivity contribution in [2.24, 2.45) is 0 Å². The standard InChI is InChI=1S/C16H26Si/c1-2-3-7-12-17-13-10-16(11-14-17)15-8-5-4-6-9-15/h4-6,8-9,16-17H,2-3,7,10-14H2,1H3. The van der Waals surface area contributed by atoms with Gasteiger partial charge in [0.05, 0.1) is 0 Å². The molecule has 1 aromatic carbocycles. The molecular formula is C16H26Si. The molecule has 0 saturated carbocycles. The van der Waals surface area contributed by atoms with Gasteiger partial charge in [-0.15, -0.1) is 0 Å². The van der Waals surface area contributed by atoms with Crippen LogP contribution in [0, 0.1) is 0 Å². The van der Waals surface area contributed by atoms with Crippen molar-refractivity contribution < 1.29 is 0 Å². The molecule has 1 aromatic rings. The lowest BCUT2D eigenvalue weighted by molar-refractivity contribution is 0.603. The van der Waals surface area contributed by atoms with E-state index in [0.717, 1.165) is 5.92 Å². The lowest BCUT2D eigenvalue weighted by Gasteiger charge is -2.28. The third-order valence-corrected chi connectivity index (χ3v) is 7.86. The highest BCUT2D eigenvalue weighted by Crippen LogP contribution is 2.34. The van der Waals surface area contributed by atoms with Crippen molar-refractivity contribution >= 4 is 8.80 Å². The summed E-state index contributed by atoms with van der Waals surface area (Å²) in [5.74, 6) is 0.881. The van der Waals surface area contributed by atoms with Crippen LogP contribution in [0.15, 0.2) is 30.3 Å². The molecule has 0 radical (unpaired) electrons. The molecule has 0 spiro atoms. The normalized spacial score (nSPS) is 24.8. The van der Waals surface area contributed by atoms with E-state index in [0.29, 0.717) is 0 Å². The Balaban J connectivity index is 1.74. The maximum Gasteiger partial charge on any atom is 0.0368 e. The fourth-order valence-corrected chi connectivity index (χ4v) is 6.67. The van der Waals surface area contributed by atoms with Gasteiger partial charge in [-0.2, -0.15) is 0 Å². The highest BCUT2D eigenvalue weighted by atomic mass is 28.3. The smallest absolute Gasteiger partial charge is 0.0368 e. The van der Waals surface area contributed by atoms with Crippen molar-refractivity contribution in [3.8, 4) is 0 Å². The van der Waals surface area contributed by atoms with Gasteiger partial charge in [-0.1, -0.05) is 74.7 Å². The fraction of sp³-hybridized carbons (Fsp3) is 0.625. The van der Waals surface area contributed by atoms with E-state index in [2.05, 4.69) is 37.3 Å². The van der Waals surface area contributed by atoms with E-state index in [1.807, 2.05) is 0 Å². The Morgan fingerprint density at radius 1 is 1.06 bits per heavy atom. The minimum absolute atomic E-state index is 0.320. The van der Waals surface area contributed by atoms with Crippen molar-refractivity contribution in [2.45, 2.75) is 63.1 Å². The first-order valence-electron chi connectivity index (χ1n) is 7.45. The topological polar surface area (TPSA) is 0 Å². The number of hydrogen-bond acceptors (Lipinski definition) is 0. The summed E-state index contributed by atoms with van der Waals surface area (Å²) in [7, 11) is -0.320. The summed E-state index contributed by atoms with van der Waals surface area (Å²) in [6.07, 6.45) is 7.32. The number of unbranched alkanes of at least 4 members (excludes halogenated alkanes) is 2. The lowest BCUT2D eigenvalue weighted by atomic mass is 9.94. The molecule has 0 atom stereocenters. The molecule has 1 heterocycles. The first-order valence-corrected chi connectivity index (χ1v) is 9.90. The first-order chi connectivity index (χ1) is 8.40.